The van der Waals surface area contributed by atoms with Crippen LogP contribution in [-0.4, -0.2) is 52.0 Å². The predicted molar refractivity (Wildman–Crippen MR) is 119 cm³/mol. The normalized spacial score (nSPS) is 12.0. The molecule has 0 radical (unpaired) electrons. The number of thioether (sulfide) groups is 1. The first-order valence-electron chi connectivity index (χ1n) is 9.79. The first kappa shape index (κ1) is 21.7. The zero-order chi connectivity index (χ0) is 21.3. The van der Waals surface area contributed by atoms with Crippen molar-refractivity contribution < 1.29 is 9.69 Å². The predicted octanol–water partition coefficient (Wildman–Crippen LogP) is 1.62. The van der Waals surface area contributed by atoms with Crippen LogP contribution < -0.4 is 10.2 Å². The van der Waals surface area contributed by atoms with Gasteiger partial charge in [-0.25, -0.2) is 0 Å². The quantitative estimate of drug-likeness (QED) is 0.383. The maximum absolute atomic E-state index is 12.5. The van der Waals surface area contributed by atoms with Crippen molar-refractivity contribution in [1.29, 1.82) is 0 Å². The number of nitrogens with one attached hydrogen (secondary N) is 2. The van der Waals surface area contributed by atoms with Gasteiger partial charge in [0.2, 0.25) is 5.91 Å². The van der Waals surface area contributed by atoms with Crippen molar-refractivity contribution in [2.75, 3.05) is 26.4 Å². The Balaban J connectivity index is 1.62. The Bertz CT molecular complexity index is 958. The number of nitrogens with zero attached hydrogens (tertiary/aromatic N) is 4. The highest BCUT2D eigenvalue weighted by atomic mass is 32.2. The molecular weight excluding hydrogens is 396 g/mol. The molecule has 1 aromatic carbocycles. The number of allylic oxidation sites excluding steroid dienone is 1. The zero-order valence-corrected chi connectivity index (χ0v) is 18.1. The molecular formula is C22H27N6OS+. The molecule has 0 aliphatic carbocycles. The SMILES string of the molecule is C=CCn1c(SCC(=O)NC[C@H](c2ccccc2)[NH+](C)C)nnc1-c1ccncc1. The molecule has 2 aromatic heterocycles. The summed E-state index contributed by atoms with van der Waals surface area (Å²) in [6.07, 6.45) is 5.24. The number of rotatable bonds is 10. The van der Waals surface area contributed by atoms with Crippen LogP contribution in [0, 0.1) is 0 Å². The molecule has 2 heterocycles. The minimum absolute atomic E-state index is 0.0270. The second kappa shape index (κ2) is 10.7. The van der Waals surface area contributed by atoms with Crippen molar-refractivity contribution in [3.63, 3.8) is 0 Å². The van der Waals surface area contributed by atoms with Crippen molar-refractivity contribution in [2.24, 2.45) is 0 Å². The smallest absolute Gasteiger partial charge is 0.230 e. The Kier molecular flexibility index (Phi) is 7.75. The number of carbonyl (C=O) groups is 1. The van der Waals surface area contributed by atoms with Gasteiger partial charge in [0.05, 0.1) is 26.4 Å². The highest BCUT2D eigenvalue weighted by molar-refractivity contribution is 7.99. The Morgan fingerprint density at radius 3 is 2.60 bits per heavy atom. The summed E-state index contributed by atoms with van der Waals surface area (Å²) < 4.78 is 1.96. The van der Waals surface area contributed by atoms with Crippen LogP contribution in [0.25, 0.3) is 11.4 Å². The fraction of sp³-hybridized carbons (Fsp3) is 0.273. The summed E-state index contributed by atoms with van der Waals surface area (Å²) in [5.74, 6) is 0.983. The van der Waals surface area contributed by atoms with E-state index in [0.717, 1.165) is 11.4 Å². The van der Waals surface area contributed by atoms with Gasteiger partial charge in [0, 0.05) is 30.1 Å². The molecule has 2 N–H and O–H groups in total. The van der Waals surface area contributed by atoms with Crippen molar-refractivity contribution in [3.8, 4) is 11.4 Å². The first-order valence-corrected chi connectivity index (χ1v) is 10.8. The fourth-order valence-corrected chi connectivity index (χ4v) is 3.92. The van der Waals surface area contributed by atoms with E-state index in [1.54, 1.807) is 18.5 Å². The Hall–Kier alpha value is -2.97. The van der Waals surface area contributed by atoms with Gasteiger partial charge in [-0.3, -0.25) is 14.3 Å². The fourth-order valence-electron chi connectivity index (χ4n) is 3.14. The number of carbonyl (C=O) groups excluding carboxylic acids is 1. The molecule has 0 aliphatic rings. The lowest BCUT2D eigenvalue weighted by Gasteiger charge is -2.22. The second-order valence-corrected chi connectivity index (χ2v) is 8.02. The molecule has 0 saturated heterocycles. The van der Waals surface area contributed by atoms with Crippen LogP contribution in [0.2, 0.25) is 0 Å². The van der Waals surface area contributed by atoms with Gasteiger partial charge in [-0.15, -0.1) is 16.8 Å². The van der Waals surface area contributed by atoms with Crippen LogP contribution in [0.15, 0.2) is 72.7 Å². The zero-order valence-electron chi connectivity index (χ0n) is 17.3. The molecule has 0 fully saturated rings. The minimum Gasteiger partial charge on any atom is -0.349 e. The van der Waals surface area contributed by atoms with Crippen molar-refractivity contribution in [3.05, 3.63) is 73.1 Å². The van der Waals surface area contributed by atoms with Crippen LogP contribution in [0.3, 0.4) is 0 Å². The van der Waals surface area contributed by atoms with Crippen LogP contribution in [0.1, 0.15) is 11.6 Å². The molecule has 8 heteroatoms. The number of aromatic nitrogens is 4. The number of hydrogen-bond donors (Lipinski definition) is 2. The van der Waals surface area contributed by atoms with E-state index in [2.05, 4.69) is 53.3 Å². The average Bonchev–Trinajstić information content (AvgIpc) is 3.16. The van der Waals surface area contributed by atoms with E-state index in [0.29, 0.717) is 18.2 Å². The molecule has 1 atom stereocenters. The number of amides is 1. The maximum Gasteiger partial charge on any atom is 0.230 e. The van der Waals surface area contributed by atoms with Gasteiger partial charge in [0.15, 0.2) is 11.0 Å². The van der Waals surface area contributed by atoms with Gasteiger partial charge in [-0.05, 0) is 12.1 Å². The average molecular weight is 424 g/mol. The number of benzene rings is 1. The van der Waals surface area contributed by atoms with Gasteiger partial charge in [-0.2, -0.15) is 0 Å². The molecule has 156 valence electrons. The summed E-state index contributed by atoms with van der Waals surface area (Å²) in [5, 5.41) is 12.3. The number of quaternary nitrogens is 1. The third-order valence-corrected chi connectivity index (χ3v) is 5.67. The lowest BCUT2D eigenvalue weighted by atomic mass is 10.1. The van der Waals surface area contributed by atoms with Crippen LogP contribution in [0.4, 0.5) is 0 Å². The number of hydrogen-bond acceptors (Lipinski definition) is 5. The third-order valence-electron chi connectivity index (χ3n) is 4.70. The minimum atomic E-state index is -0.0270. The maximum atomic E-state index is 12.5. The molecule has 30 heavy (non-hydrogen) atoms. The van der Waals surface area contributed by atoms with Gasteiger partial charge < -0.3 is 10.2 Å². The molecule has 0 unspecified atom stereocenters. The summed E-state index contributed by atoms with van der Waals surface area (Å²) in [7, 11) is 4.19. The van der Waals surface area contributed by atoms with Crippen molar-refractivity contribution in [2.45, 2.75) is 17.7 Å². The molecule has 0 bridgehead atoms. The van der Waals surface area contributed by atoms with E-state index in [1.807, 2.05) is 34.9 Å². The number of pyridine rings is 1. The highest BCUT2D eigenvalue weighted by Crippen LogP contribution is 2.23. The van der Waals surface area contributed by atoms with Gasteiger partial charge in [0.1, 0.15) is 6.04 Å². The summed E-state index contributed by atoms with van der Waals surface area (Å²) in [4.78, 5) is 17.8. The summed E-state index contributed by atoms with van der Waals surface area (Å²) in [6.45, 7) is 4.96. The lowest BCUT2D eigenvalue weighted by molar-refractivity contribution is -0.890. The van der Waals surface area contributed by atoms with E-state index < -0.39 is 0 Å². The standard InChI is InChI=1S/C22H26N6OS/c1-4-14-28-21(18-10-12-23-13-11-18)25-26-22(28)30-16-20(29)24-15-19(27(2)3)17-8-6-5-7-9-17/h4-13,19H,1,14-16H2,2-3H3,(H,24,29)/p+1/t19-/m1/s1. The Morgan fingerprint density at radius 1 is 1.20 bits per heavy atom. The molecule has 0 spiro atoms. The van der Waals surface area contributed by atoms with E-state index in [1.165, 1.54) is 22.2 Å². The van der Waals surface area contributed by atoms with Crippen LogP contribution >= 0.6 is 11.8 Å². The van der Waals surface area contributed by atoms with Crippen LogP contribution in [0.5, 0.6) is 0 Å². The van der Waals surface area contributed by atoms with Gasteiger partial charge >= 0.3 is 0 Å². The Morgan fingerprint density at radius 2 is 1.93 bits per heavy atom. The first-order chi connectivity index (χ1) is 14.6. The van der Waals surface area contributed by atoms with E-state index in [-0.39, 0.29) is 17.7 Å². The van der Waals surface area contributed by atoms with Crippen molar-refractivity contribution in [1.82, 2.24) is 25.1 Å². The summed E-state index contributed by atoms with van der Waals surface area (Å²) >= 11 is 1.37. The summed E-state index contributed by atoms with van der Waals surface area (Å²) in [6, 6.07) is 14.2. The molecule has 0 aliphatic heterocycles. The van der Waals surface area contributed by atoms with Gasteiger partial charge in [-0.1, -0.05) is 48.2 Å². The van der Waals surface area contributed by atoms with E-state index in [4.69, 9.17) is 0 Å². The molecule has 0 saturated carbocycles. The molecule has 3 aromatic rings. The molecule has 3 rings (SSSR count). The molecule has 1 amide bonds. The molecule has 7 nitrogen and oxygen atoms in total. The lowest BCUT2D eigenvalue weighted by Crippen LogP contribution is -3.07. The largest absolute Gasteiger partial charge is 0.349 e. The van der Waals surface area contributed by atoms with E-state index >= 15 is 0 Å². The third kappa shape index (κ3) is 5.55. The number of likely N-dealkylation sites (N-methyl/N-ethyl adjacent to an activating group) is 1. The van der Waals surface area contributed by atoms with E-state index in [9.17, 15) is 4.79 Å². The topological polar surface area (TPSA) is 77.1 Å². The summed E-state index contributed by atoms with van der Waals surface area (Å²) in [5.41, 5.74) is 2.13. The van der Waals surface area contributed by atoms with Crippen LogP contribution in [-0.2, 0) is 11.3 Å². The highest BCUT2D eigenvalue weighted by Gasteiger charge is 2.19. The Labute approximate surface area is 181 Å². The second-order valence-electron chi connectivity index (χ2n) is 7.07. The van der Waals surface area contributed by atoms with Gasteiger partial charge in [0.25, 0.3) is 0 Å². The van der Waals surface area contributed by atoms with Crippen molar-refractivity contribution >= 4 is 17.7 Å². The monoisotopic (exact) mass is 423 g/mol.